The van der Waals surface area contributed by atoms with Gasteiger partial charge in [-0.25, -0.2) is 4.39 Å². The van der Waals surface area contributed by atoms with E-state index in [1.54, 1.807) is 48.7 Å². The van der Waals surface area contributed by atoms with E-state index < -0.39 is 0 Å². The van der Waals surface area contributed by atoms with Gasteiger partial charge in [0.2, 0.25) is 0 Å². The van der Waals surface area contributed by atoms with Crippen molar-refractivity contribution in [2.75, 3.05) is 5.32 Å². The van der Waals surface area contributed by atoms with Crippen LogP contribution in [0.5, 0.6) is 0 Å². The molecule has 0 radical (unpaired) electrons. The van der Waals surface area contributed by atoms with Crippen LogP contribution in [0.3, 0.4) is 0 Å². The zero-order valence-corrected chi connectivity index (χ0v) is 15.9. The summed E-state index contributed by atoms with van der Waals surface area (Å²) in [5.41, 5.74) is 3.12. The number of hydrogen-bond donors (Lipinski definition) is 2. The van der Waals surface area contributed by atoms with E-state index in [-0.39, 0.29) is 17.6 Å². The van der Waals surface area contributed by atoms with Gasteiger partial charge in [-0.15, -0.1) is 0 Å². The molecule has 6 heteroatoms. The van der Waals surface area contributed by atoms with Crippen LogP contribution in [-0.2, 0) is 6.54 Å². The molecule has 0 aliphatic heterocycles. The predicted octanol–water partition coefficient (Wildman–Crippen LogP) is 4.56. The van der Waals surface area contributed by atoms with Crippen LogP contribution in [0.1, 0.15) is 26.3 Å². The maximum atomic E-state index is 12.9. The van der Waals surface area contributed by atoms with Crippen LogP contribution >= 0.6 is 0 Å². The van der Waals surface area contributed by atoms with Gasteiger partial charge in [0.1, 0.15) is 5.82 Å². The Kier molecular flexibility index (Phi) is 5.48. The SMILES string of the molecule is O=C(NCc1ccc(F)cc1)c1ccc(NC(=O)c2ccnc3ccccc23)cc1. The van der Waals surface area contributed by atoms with Gasteiger partial charge in [0, 0.05) is 29.4 Å². The van der Waals surface area contributed by atoms with Crippen molar-refractivity contribution in [3.63, 3.8) is 0 Å². The molecule has 0 saturated carbocycles. The first kappa shape index (κ1) is 19.3. The number of para-hydroxylation sites is 1. The van der Waals surface area contributed by atoms with E-state index in [1.165, 1.54) is 12.1 Å². The fourth-order valence-electron chi connectivity index (χ4n) is 3.08. The molecule has 148 valence electrons. The smallest absolute Gasteiger partial charge is 0.256 e. The quantitative estimate of drug-likeness (QED) is 0.517. The van der Waals surface area contributed by atoms with E-state index in [0.29, 0.717) is 23.4 Å². The molecule has 1 heterocycles. The lowest BCUT2D eigenvalue weighted by molar-refractivity contribution is 0.0950. The summed E-state index contributed by atoms with van der Waals surface area (Å²) in [5, 5.41) is 6.40. The highest BCUT2D eigenvalue weighted by atomic mass is 19.1. The van der Waals surface area contributed by atoms with E-state index in [4.69, 9.17) is 0 Å². The Morgan fingerprint density at radius 3 is 2.33 bits per heavy atom. The third-order valence-corrected chi connectivity index (χ3v) is 4.66. The zero-order chi connectivity index (χ0) is 20.9. The van der Waals surface area contributed by atoms with E-state index in [9.17, 15) is 14.0 Å². The minimum Gasteiger partial charge on any atom is -0.348 e. The molecular weight excluding hydrogens is 381 g/mol. The number of nitrogens with one attached hydrogen (secondary N) is 2. The summed E-state index contributed by atoms with van der Waals surface area (Å²) < 4.78 is 12.9. The molecule has 0 atom stereocenters. The number of anilines is 1. The number of benzene rings is 3. The van der Waals surface area contributed by atoms with Crippen LogP contribution in [0.15, 0.2) is 85.1 Å². The number of rotatable bonds is 5. The molecule has 5 nitrogen and oxygen atoms in total. The van der Waals surface area contributed by atoms with E-state index in [0.717, 1.165) is 16.5 Å². The number of amides is 2. The molecular formula is C24H18FN3O2. The van der Waals surface area contributed by atoms with E-state index in [2.05, 4.69) is 15.6 Å². The second-order valence-electron chi connectivity index (χ2n) is 6.72. The minimum absolute atomic E-state index is 0.248. The highest BCUT2D eigenvalue weighted by Gasteiger charge is 2.11. The first-order chi connectivity index (χ1) is 14.6. The lowest BCUT2D eigenvalue weighted by Crippen LogP contribution is -2.22. The monoisotopic (exact) mass is 399 g/mol. The van der Waals surface area contributed by atoms with Gasteiger partial charge >= 0.3 is 0 Å². The number of hydrogen-bond acceptors (Lipinski definition) is 3. The summed E-state index contributed by atoms with van der Waals surface area (Å²) >= 11 is 0. The maximum Gasteiger partial charge on any atom is 0.256 e. The van der Waals surface area contributed by atoms with Crippen molar-refractivity contribution in [1.82, 2.24) is 10.3 Å². The fraction of sp³-hybridized carbons (Fsp3) is 0.0417. The topological polar surface area (TPSA) is 71.1 Å². The van der Waals surface area contributed by atoms with Gasteiger partial charge in [-0.3, -0.25) is 14.6 Å². The molecule has 3 aromatic carbocycles. The van der Waals surface area contributed by atoms with Gasteiger partial charge in [-0.1, -0.05) is 30.3 Å². The minimum atomic E-state index is -0.317. The molecule has 0 unspecified atom stereocenters. The highest BCUT2D eigenvalue weighted by molar-refractivity contribution is 6.12. The van der Waals surface area contributed by atoms with Gasteiger partial charge in [-0.05, 0) is 54.1 Å². The molecule has 0 saturated heterocycles. The average molecular weight is 399 g/mol. The van der Waals surface area contributed by atoms with Crippen LogP contribution in [0.2, 0.25) is 0 Å². The molecule has 4 rings (SSSR count). The largest absolute Gasteiger partial charge is 0.348 e. The zero-order valence-electron chi connectivity index (χ0n) is 15.9. The van der Waals surface area contributed by atoms with Gasteiger partial charge in [0.15, 0.2) is 0 Å². The van der Waals surface area contributed by atoms with E-state index >= 15 is 0 Å². The molecule has 2 amide bonds. The first-order valence-corrected chi connectivity index (χ1v) is 9.38. The third-order valence-electron chi connectivity index (χ3n) is 4.66. The summed E-state index contributed by atoms with van der Waals surface area (Å²) in [4.78, 5) is 29.3. The molecule has 4 aromatic rings. The van der Waals surface area contributed by atoms with Gasteiger partial charge in [0.05, 0.1) is 11.1 Å². The number of carbonyl (C=O) groups is 2. The van der Waals surface area contributed by atoms with Crippen LogP contribution in [0, 0.1) is 5.82 Å². The first-order valence-electron chi connectivity index (χ1n) is 9.38. The molecule has 2 N–H and O–H groups in total. The Hall–Kier alpha value is -4.06. The molecule has 0 spiro atoms. The number of carbonyl (C=O) groups excluding carboxylic acids is 2. The summed E-state index contributed by atoms with van der Waals surface area (Å²) in [6, 6.07) is 21.7. The summed E-state index contributed by atoms with van der Waals surface area (Å²) in [7, 11) is 0. The van der Waals surface area contributed by atoms with Crippen molar-refractivity contribution >= 4 is 28.4 Å². The molecule has 1 aromatic heterocycles. The lowest BCUT2D eigenvalue weighted by atomic mass is 10.1. The van der Waals surface area contributed by atoms with Crippen molar-refractivity contribution in [2.24, 2.45) is 0 Å². The Labute approximate surface area is 172 Å². The van der Waals surface area contributed by atoms with Crippen LogP contribution < -0.4 is 10.6 Å². The Balaban J connectivity index is 1.41. The summed E-state index contributed by atoms with van der Waals surface area (Å²) in [6.07, 6.45) is 1.60. The molecule has 0 aliphatic carbocycles. The maximum absolute atomic E-state index is 12.9. The van der Waals surface area contributed by atoms with Crippen molar-refractivity contribution < 1.29 is 14.0 Å². The van der Waals surface area contributed by atoms with Crippen LogP contribution in [0.25, 0.3) is 10.9 Å². The highest BCUT2D eigenvalue weighted by Crippen LogP contribution is 2.18. The number of pyridine rings is 1. The summed E-state index contributed by atoms with van der Waals surface area (Å²) in [5.74, 6) is -0.818. The van der Waals surface area contributed by atoms with Crippen LogP contribution in [-0.4, -0.2) is 16.8 Å². The van der Waals surface area contributed by atoms with Crippen molar-refractivity contribution in [3.8, 4) is 0 Å². The number of halogens is 1. The molecule has 0 fully saturated rings. The Bertz CT molecular complexity index is 1200. The number of aromatic nitrogens is 1. The predicted molar refractivity (Wildman–Crippen MR) is 114 cm³/mol. The van der Waals surface area contributed by atoms with Crippen LogP contribution in [0.4, 0.5) is 10.1 Å². The average Bonchev–Trinajstić information content (AvgIpc) is 2.78. The lowest BCUT2D eigenvalue weighted by Gasteiger charge is -2.09. The van der Waals surface area contributed by atoms with E-state index in [1.807, 2.05) is 24.3 Å². The van der Waals surface area contributed by atoms with Gasteiger partial charge < -0.3 is 10.6 Å². The standard InChI is InChI=1S/C24H18FN3O2/c25-18-9-5-16(6-10-18)15-27-23(29)17-7-11-19(12-8-17)28-24(30)21-13-14-26-22-4-2-1-3-20(21)22/h1-14H,15H2,(H,27,29)(H,28,30). The second-order valence-corrected chi connectivity index (χ2v) is 6.72. The second kappa shape index (κ2) is 8.53. The Morgan fingerprint density at radius 2 is 1.57 bits per heavy atom. The van der Waals surface area contributed by atoms with Gasteiger partial charge in [0.25, 0.3) is 11.8 Å². The molecule has 0 aliphatic rings. The Morgan fingerprint density at radius 1 is 0.833 bits per heavy atom. The van der Waals surface area contributed by atoms with Crippen molar-refractivity contribution in [3.05, 3.63) is 108 Å². The fourth-order valence-corrected chi connectivity index (χ4v) is 3.08. The molecule has 0 bridgehead atoms. The summed E-state index contributed by atoms with van der Waals surface area (Å²) in [6.45, 7) is 0.298. The third kappa shape index (κ3) is 4.33. The van der Waals surface area contributed by atoms with Crippen molar-refractivity contribution in [2.45, 2.75) is 6.54 Å². The van der Waals surface area contributed by atoms with Crippen molar-refractivity contribution in [1.29, 1.82) is 0 Å². The normalized spacial score (nSPS) is 10.6. The molecule has 30 heavy (non-hydrogen) atoms. The number of fused-ring (bicyclic) bond motifs is 1. The number of nitrogens with zero attached hydrogens (tertiary/aromatic N) is 1. The van der Waals surface area contributed by atoms with Gasteiger partial charge in [-0.2, -0.15) is 0 Å².